The number of amides is 3. The SMILES string of the molecule is Cc1csc(NC(=O)NCCC(=O)NCC(F)F)n1. The fourth-order valence-electron chi connectivity index (χ4n) is 1.12. The van der Waals surface area contributed by atoms with Crippen molar-refractivity contribution in [2.45, 2.75) is 19.8 Å². The first-order valence-corrected chi connectivity index (χ1v) is 6.37. The Morgan fingerprint density at radius 2 is 2.16 bits per heavy atom. The molecular weight excluding hydrogens is 278 g/mol. The fraction of sp³-hybridized carbons (Fsp3) is 0.500. The van der Waals surface area contributed by atoms with Crippen molar-refractivity contribution in [1.29, 1.82) is 0 Å². The van der Waals surface area contributed by atoms with E-state index in [-0.39, 0.29) is 13.0 Å². The number of halogens is 2. The molecule has 0 aromatic carbocycles. The Balaban J connectivity index is 2.15. The maximum atomic E-state index is 11.8. The van der Waals surface area contributed by atoms with E-state index >= 15 is 0 Å². The number of hydrogen-bond acceptors (Lipinski definition) is 4. The van der Waals surface area contributed by atoms with Crippen molar-refractivity contribution >= 4 is 28.4 Å². The van der Waals surface area contributed by atoms with Gasteiger partial charge in [-0.1, -0.05) is 0 Å². The minimum atomic E-state index is -2.58. The number of alkyl halides is 2. The van der Waals surface area contributed by atoms with Gasteiger partial charge in [0.25, 0.3) is 6.43 Å². The highest BCUT2D eigenvalue weighted by molar-refractivity contribution is 7.13. The number of nitrogens with zero attached hydrogens (tertiary/aromatic N) is 1. The van der Waals surface area contributed by atoms with Gasteiger partial charge < -0.3 is 10.6 Å². The number of thiazole rings is 1. The van der Waals surface area contributed by atoms with Gasteiger partial charge in [0, 0.05) is 18.3 Å². The van der Waals surface area contributed by atoms with E-state index in [1.807, 2.05) is 5.32 Å². The number of carbonyl (C=O) groups is 2. The van der Waals surface area contributed by atoms with E-state index in [9.17, 15) is 18.4 Å². The smallest absolute Gasteiger partial charge is 0.321 e. The third kappa shape index (κ3) is 6.65. The quantitative estimate of drug-likeness (QED) is 0.740. The van der Waals surface area contributed by atoms with E-state index in [2.05, 4.69) is 15.6 Å². The molecule has 3 amide bonds. The first-order chi connectivity index (χ1) is 8.97. The number of hydrogen-bond donors (Lipinski definition) is 3. The normalized spacial score (nSPS) is 10.3. The van der Waals surface area contributed by atoms with Gasteiger partial charge in [0.05, 0.1) is 12.2 Å². The van der Waals surface area contributed by atoms with Crippen molar-refractivity contribution < 1.29 is 18.4 Å². The summed E-state index contributed by atoms with van der Waals surface area (Å²) in [6.07, 6.45) is -2.63. The first kappa shape index (κ1) is 15.3. The van der Waals surface area contributed by atoms with Crippen LogP contribution in [0.2, 0.25) is 0 Å². The molecule has 1 rings (SSSR count). The van der Waals surface area contributed by atoms with E-state index in [4.69, 9.17) is 0 Å². The molecule has 0 fully saturated rings. The van der Waals surface area contributed by atoms with Crippen LogP contribution in [-0.4, -0.2) is 36.4 Å². The molecule has 0 radical (unpaired) electrons. The summed E-state index contributed by atoms with van der Waals surface area (Å²) >= 11 is 1.28. The second kappa shape index (κ2) is 7.62. The first-order valence-electron chi connectivity index (χ1n) is 5.49. The molecule has 0 unspecified atom stereocenters. The fourth-order valence-corrected chi connectivity index (χ4v) is 1.80. The maximum absolute atomic E-state index is 11.8. The lowest BCUT2D eigenvalue weighted by Gasteiger charge is -2.06. The van der Waals surface area contributed by atoms with Crippen LogP contribution in [0.3, 0.4) is 0 Å². The highest BCUT2D eigenvalue weighted by atomic mass is 32.1. The molecule has 106 valence electrons. The number of rotatable bonds is 6. The van der Waals surface area contributed by atoms with Crippen LogP contribution in [0.5, 0.6) is 0 Å². The predicted octanol–water partition coefficient (Wildman–Crippen LogP) is 1.34. The Labute approximate surface area is 112 Å². The second-order valence-electron chi connectivity index (χ2n) is 3.62. The number of carbonyl (C=O) groups excluding carboxylic acids is 2. The molecule has 0 aliphatic heterocycles. The van der Waals surface area contributed by atoms with Crippen molar-refractivity contribution in [2.24, 2.45) is 0 Å². The van der Waals surface area contributed by atoms with E-state index in [0.29, 0.717) is 5.13 Å². The maximum Gasteiger partial charge on any atom is 0.321 e. The molecule has 9 heteroatoms. The molecule has 0 bridgehead atoms. The Morgan fingerprint density at radius 1 is 1.42 bits per heavy atom. The molecule has 1 aromatic heterocycles. The minimum Gasteiger partial charge on any atom is -0.350 e. The van der Waals surface area contributed by atoms with Gasteiger partial charge >= 0.3 is 6.03 Å². The molecule has 0 saturated carbocycles. The summed E-state index contributed by atoms with van der Waals surface area (Å²) in [5.41, 5.74) is 0.798. The Kier molecular flexibility index (Phi) is 6.13. The number of aryl methyl sites for hydroxylation is 1. The zero-order valence-electron chi connectivity index (χ0n) is 10.2. The standard InChI is InChI=1S/C10H14F2N4O2S/c1-6-5-19-10(15-6)16-9(18)13-3-2-8(17)14-4-7(11)12/h5,7H,2-4H2,1H3,(H,14,17)(H2,13,15,16,18). The highest BCUT2D eigenvalue weighted by Gasteiger charge is 2.08. The second-order valence-corrected chi connectivity index (χ2v) is 4.48. The lowest BCUT2D eigenvalue weighted by Crippen LogP contribution is -2.34. The summed E-state index contributed by atoms with van der Waals surface area (Å²) in [6.45, 7) is 1.18. The molecule has 19 heavy (non-hydrogen) atoms. The van der Waals surface area contributed by atoms with Gasteiger partial charge in [0.1, 0.15) is 0 Å². The Morgan fingerprint density at radius 3 is 2.74 bits per heavy atom. The van der Waals surface area contributed by atoms with Gasteiger partial charge in [-0.25, -0.2) is 18.6 Å². The van der Waals surface area contributed by atoms with Crippen LogP contribution in [0.1, 0.15) is 12.1 Å². The van der Waals surface area contributed by atoms with E-state index in [1.54, 1.807) is 12.3 Å². The molecule has 3 N–H and O–H groups in total. The van der Waals surface area contributed by atoms with Crippen molar-refractivity contribution in [2.75, 3.05) is 18.4 Å². The van der Waals surface area contributed by atoms with Gasteiger partial charge in [-0.3, -0.25) is 10.1 Å². The third-order valence-electron chi connectivity index (χ3n) is 1.93. The molecule has 0 saturated heterocycles. The highest BCUT2D eigenvalue weighted by Crippen LogP contribution is 2.13. The van der Waals surface area contributed by atoms with Crippen LogP contribution in [0.25, 0.3) is 0 Å². The summed E-state index contributed by atoms with van der Waals surface area (Å²) in [7, 11) is 0. The monoisotopic (exact) mass is 292 g/mol. The zero-order valence-corrected chi connectivity index (χ0v) is 11.0. The predicted molar refractivity (Wildman–Crippen MR) is 67.5 cm³/mol. The molecule has 0 atom stereocenters. The molecular formula is C10H14F2N4O2S. The van der Waals surface area contributed by atoms with E-state index < -0.39 is 24.9 Å². The molecule has 0 aliphatic carbocycles. The minimum absolute atomic E-state index is 0.0585. The largest absolute Gasteiger partial charge is 0.350 e. The molecule has 0 aliphatic rings. The number of nitrogens with one attached hydrogen (secondary N) is 3. The van der Waals surface area contributed by atoms with E-state index in [1.165, 1.54) is 11.3 Å². The van der Waals surface area contributed by atoms with Gasteiger partial charge in [-0.15, -0.1) is 11.3 Å². The number of urea groups is 1. The Hall–Kier alpha value is -1.77. The molecule has 1 heterocycles. The summed E-state index contributed by atoms with van der Waals surface area (Å²) in [5.74, 6) is -0.536. The lowest BCUT2D eigenvalue weighted by atomic mass is 10.4. The number of anilines is 1. The zero-order chi connectivity index (χ0) is 14.3. The van der Waals surface area contributed by atoms with Crippen LogP contribution >= 0.6 is 11.3 Å². The average molecular weight is 292 g/mol. The summed E-state index contributed by atoms with van der Waals surface area (Å²) in [6, 6.07) is -0.490. The van der Waals surface area contributed by atoms with Crippen LogP contribution < -0.4 is 16.0 Å². The molecule has 0 spiro atoms. The van der Waals surface area contributed by atoms with Gasteiger partial charge in [-0.2, -0.15) is 0 Å². The Bertz CT molecular complexity index is 439. The van der Waals surface area contributed by atoms with Crippen molar-refractivity contribution in [3.8, 4) is 0 Å². The summed E-state index contributed by atoms with van der Waals surface area (Å²) in [5, 5.41) is 9.20. The van der Waals surface area contributed by atoms with Gasteiger partial charge in [-0.05, 0) is 6.92 Å². The third-order valence-corrected chi connectivity index (χ3v) is 2.81. The topological polar surface area (TPSA) is 83.1 Å². The van der Waals surface area contributed by atoms with Crippen molar-refractivity contribution in [3.63, 3.8) is 0 Å². The number of aromatic nitrogens is 1. The van der Waals surface area contributed by atoms with Gasteiger partial charge in [0.15, 0.2) is 5.13 Å². The van der Waals surface area contributed by atoms with E-state index in [0.717, 1.165) is 5.69 Å². The van der Waals surface area contributed by atoms with Crippen LogP contribution in [0.15, 0.2) is 5.38 Å². The van der Waals surface area contributed by atoms with Crippen LogP contribution in [0.4, 0.5) is 18.7 Å². The van der Waals surface area contributed by atoms with Crippen molar-refractivity contribution in [3.05, 3.63) is 11.1 Å². The van der Waals surface area contributed by atoms with Crippen LogP contribution in [-0.2, 0) is 4.79 Å². The molecule has 6 nitrogen and oxygen atoms in total. The molecule has 1 aromatic rings. The lowest BCUT2D eigenvalue weighted by molar-refractivity contribution is -0.121. The van der Waals surface area contributed by atoms with Crippen LogP contribution in [0, 0.1) is 6.92 Å². The summed E-state index contributed by atoms with van der Waals surface area (Å²) < 4.78 is 23.6. The summed E-state index contributed by atoms with van der Waals surface area (Å²) in [4.78, 5) is 26.5. The van der Waals surface area contributed by atoms with Crippen molar-refractivity contribution in [1.82, 2.24) is 15.6 Å². The van der Waals surface area contributed by atoms with Gasteiger partial charge in [0.2, 0.25) is 5.91 Å². The average Bonchev–Trinajstić information content (AvgIpc) is 2.72.